The molecule has 0 saturated heterocycles. The van der Waals surface area contributed by atoms with Gasteiger partial charge in [-0.25, -0.2) is 9.69 Å². The van der Waals surface area contributed by atoms with Crippen LogP contribution in [-0.2, 0) is 32.0 Å². The largest absolute Gasteiger partial charge is 0.488 e. The summed E-state index contributed by atoms with van der Waals surface area (Å²) in [7, 11) is 0. The van der Waals surface area contributed by atoms with Crippen LogP contribution in [0.4, 0.5) is 4.79 Å². The number of hydrogen-bond acceptors (Lipinski definition) is 8. The number of nitrogens with two attached hydrogens (primary N) is 3. The maximum Gasteiger partial charge on any atom is 0.417 e. The van der Waals surface area contributed by atoms with Crippen molar-refractivity contribution in [2.75, 3.05) is 6.54 Å². The van der Waals surface area contributed by atoms with Crippen molar-refractivity contribution in [3.05, 3.63) is 65.9 Å². The number of para-hydroxylation sites is 1. The first kappa shape index (κ1) is 37.0. The Kier molecular flexibility index (Phi) is 12.5. The van der Waals surface area contributed by atoms with Crippen LogP contribution in [0.1, 0.15) is 71.9 Å². The third kappa shape index (κ3) is 11.1. The molecule has 0 radical (unpaired) electrons. The van der Waals surface area contributed by atoms with Crippen molar-refractivity contribution >= 4 is 34.7 Å². The van der Waals surface area contributed by atoms with Gasteiger partial charge in [-0.05, 0) is 103 Å². The fraction of sp³-hybridized carbons (Fsp3) is 0.486. The summed E-state index contributed by atoms with van der Waals surface area (Å²) in [4.78, 5) is 58.2. The predicted octanol–water partition coefficient (Wildman–Crippen LogP) is 3.69. The zero-order chi connectivity index (χ0) is 34.9. The second-order valence-corrected chi connectivity index (χ2v) is 13.7. The van der Waals surface area contributed by atoms with Crippen molar-refractivity contribution in [1.29, 1.82) is 0 Å². The monoisotopic (exact) mass is 650 g/mol. The summed E-state index contributed by atoms with van der Waals surface area (Å²) in [6.07, 6.45) is 1.91. The number of nitrogens with one attached hydrogen (secondary N) is 2. The van der Waals surface area contributed by atoms with E-state index in [1.54, 1.807) is 51.2 Å². The lowest BCUT2D eigenvalue weighted by atomic mass is 10.0. The number of amides is 4. The number of rotatable bonds is 14. The minimum absolute atomic E-state index is 0.0676. The molecule has 12 heteroatoms. The summed E-state index contributed by atoms with van der Waals surface area (Å²) in [5, 5.41) is 3.57. The average Bonchev–Trinajstić information content (AvgIpc) is 3.38. The Hall–Kier alpha value is -4.42. The van der Waals surface area contributed by atoms with Crippen molar-refractivity contribution < 1.29 is 28.7 Å². The van der Waals surface area contributed by atoms with E-state index in [-0.39, 0.29) is 24.9 Å². The third-order valence-electron chi connectivity index (χ3n) is 7.25. The molecule has 47 heavy (non-hydrogen) atoms. The van der Waals surface area contributed by atoms with Crippen LogP contribution in [-0.4, -0.2) is 69.6 Å². The molecule has 1 aromatic heterocycles. The van der Waals surface area contributed by atoms with Crippen molar-refractivity contribution in [2.45, 2.75) is 103 Å². The fourth-order valence-corrected chi connectivity index (χ4v) is 5.12. The fourth-order valence-electron chi connectivity index (χ4n) is 5.12. The van der Waals surface area contributed by atoms with Gasteiger partial charge in [-0.1, -0.05) is 30.3 Å². The Morgan fingerprint density at radius 1 is 0.915 bits per heavy atom. The maximum absolute atomic E-state index is 14.0. The number of carbonyl (C=O) groups is 4. The van der Waals surface area contributed by atoms with E-state index in [1.165, 1.54) is 0 Å². The number of ether oxygens (including phenoxy) is 2. The van der Waals surface area contributed by atoms with Gasteiger partial charge in [-0.15, -0.1) is 0 Å². The summed E-state index contributed by atoms with van der Waals surface area (Å²) in [5.41, 5.74) is 18.9. The average molecular weight is 651 g/mol. The van der Waals surface area contributed by atoms with Crippen LogP contribution >= 0.6 is 0 Å². The SMILES string of the molecule is CC(C)(C)OC(=O)N(C(=O)[C@@H](N)Cc1ccc(OC(C)(C)C)cc1)[C@@H](CCCCN)C(=O)N[C@@H](Cc1c[nH]c2ccccc12)C(N)=O. The molecule has 2 aromatic carbocycles. The minimum Gasteiger partial charge on any atom is -0.488 e. The minimum atomic E-state index is -1.35. The van der Waals surface area contributed by atoms with Gasteiger partial charge in [0.15, 0.2) is 0 Å². The lowest BCUT2D eigenvalue weighted by molar-refractivity contribution is -0.141. The normalized spacial score (nSPS) is 13.8. The number of aromatic amines is 1. The number of carbonyl (C=O) groups excluding carboxylic acids is 4. The van der Waals surface area contributed by atoms with E-state index in [0.29, 0.717) is 25.1 Å². The highest BCUT2D eigenvalue weighted by Crippen LogP contribution is 2.22. The first-order chi connectivity index (χ1) is 22.0. The van der Waals surface area contributed by atoms with Gasteiger partial charge in [0.25, 0.3) is 0 Å². The first-order valence-corrected chi connectivity index (χ1v) is 15.9. The molecular weight excluding hydrogens is 600 g/mol. The van der Waals surface area contributed by atoms with E-state index in [1.807, 2.05) is 45.0 Å². The van der Waals surface area contributed by atoms with Gasteiger partial charge >= 0.3 is 6.09 Å². The zero-order valence-corrected chi connectivity index (χ0v) is 28.3. The molecule has 0 aliphatic rings. The van der Waals surface area contributed by atoms with E-state index < -0.39 is 47.5 Å². The maximum atomic E-state index is 14.0. The molecule has 3 atom stereocenters. The number of nitrogens with zero attached hydrogens (tertiary/aromatic N) is 1. The molecule has 256 valence electrons. The van der Waals surface area contributed by atoms with Crippen LogP contribution in [0, 0.1) is 0 Å². The molecule has 4 amide bonds. The zero-order valence-electron chi connectivity index (χ0n) is 28.3. The van der Waals surface area contributed by atoms with Crippen molar-refractivity contribution in [3.8, 4) is 5.75 Å². The quantitative estimate of drug-likeness (QED) is 0.163. The van der Waals surface area contributed by atoms with Crippen molar-refractivity contribution in [1.82, 2.24) is 15.2 Å². The van der Waals surface area contributed by atoms with Gasteiger partial charge in [0, 0.05) is 23.5 Å². The van der Waals surface area contributed by atoms with Gasteiger partial charge in [0.1, 0.15) is 29.0 Å². The molecule has 12 nitrogen and oxygen atoms in total. The van der Waals surface area contributed by atoms with Gasteiger partial charge in [0.05, 0.1) is 6.04 Å². The number of hydrogen-bond donors (Lipinski definition) is 5. The number of imide groups is 1. The van der Waals surface area contributed by atoms with Gasteiger partial charge in [-0.2, -0.15) is 0 Å². The molecule has 0 spiro atoms. The number of benzene rings is 2. The molecule has 0 aliphatic carbocycles. The lowest BCUT2D eigenvalue weighted by Gasteiger charge is -2.33. The molecular formula is C35H50N6O6. The van der Waals surface area contributed by atoms with Crippen molar-refractivity contribution in [2.24, 2.45) is 17.2 Å². The van der Waals surface area contributed by atoms with Gasteiger partial charge < -0.3 is 37.0 Å². The smallest absolute Gasteiger partial charge is 0.417 e. The highest BCUT2D eigenvalue weighted by atomic mass is 16.6. The highest BCUT2D eigenvalue weighted by Gasteiger charge is 2.40. The second-order valence-electron chi connectivity index (χ2n) is 13.7. The Morgan fingerprint density at radius 2 is 1.57 bits per heavy atom. The Labute approximate surface area is 276 Å². The first-order valence-electron chi connectivity index (χ1n) is 15.9. The Bertz CT molecular complexity index is 1520. The van der Waals surface area contributed by atoms with Crippen molar-refractivity contribution in [3.63, 3.8) is 0 Å². The molecule has 3 rings (SSSR count). The van der Waals surface area contributed by atoms with Crippen LogP contribution in [0.3, 0.4) is 0 Å². The Morgan fingerprint density at radius 3 is 2.17 bits per heavy atom. The molecule has 3 aromatic rings. The predicted molar refractivity (Wildman–Crippen MR) is 181 cm³/mol. The van der Waals surface area contributed by atoms with Crippen LogP contribution in [0.2, 0.25) is 0 Å². The van der Waals surface area contributed by atoms with Crippen LogP contribution in [0.25, 0.3) is 10.9 Å². The summed E-state index contributed by atoms with van der Waals surface area (Å²) in [6, 6.07) is 11.0. The standard InChI is InChI=1S/C35H50N6O6/c1-34(2,3)46-24-16-14-22(15-17-24)19-26(37)32(44)41(33(45)47-35(4,5)6)29(13-9-10-18-36)31(43)40-28(30(38)42)20-23-21-39-27-12-8-7-11-25(23)27/h7-8,11-12,14-17,21,26,28-29,39H,9-10,13,18-20,36-37H2,1-6H3,(H2,38,42)(H,40,43)/t26-,28-,29-/m0/s1. The van der Waals surface area contributed by atoms with E-state index in [4.69, 9.17) is 26.7 Å². The third-order valence-corrected chi connectivity index (χ3v) is 7.25. The topological polar surface area (TPSA) is 196 Å². The van der Waals surface area contributed by atoms with E-state index in [0.717, 1.165) is 26.9 Å². The van der Waals surface area contributed by atoms with E-state index in [2.05, 4.69) is 10.3 Å². The number of H-pyrrole nitrogens is 1. The number of aromatic nitrogens is 1. The molecule has 0 aliphatic heterocycles. The molecule has 0 fully saturated rings. The number of fused-ring (bicyclic) bond motifs is 1. The van der Waals surface area contributed by atoms with E-state index in [9.17, 15) is 19.2 Å². The summed E-state index contributed by atoms with van der Waals surface area (Å²) < 4.78 is 11.5. The summed E-state index contributed by atoms with van der Waals surface area (Å²) in [6.45, 7) is 11.1. The second kappa shape index (κ2) is 15.9. The van der Waals surface area contributed by atoms with Gasteiger partial charge in [0.2, 0.25) is 17.7 Å². The molecule has 1 heterocycles. The van der Waals surface area contributed by atoms with Crippen LogP contribution in [0.5, 0.6) is 5.75 Å². The number of unbranched alkanes of at least 4 members (excludes halogenated alkanes) is 1. The summed E-state index contributed by atoms with van der Waals surface area (Å²) in [5.74, 6) is -1.64. The van der Waals surface area contributed by atoms with Crippen LogP contribution in [0.15, 0.2) is 54.7 Å². The molecule has 0 bridgehead atoms. The molecule has 0 unspecified atom stereocenters. The lowest BCUT2D eigenvalue weighted by Crippen LogP contribution is -2.60. The number of primary amides is 1. The summed E-state index contributed by atoms with van der Waals surface area (Å²) >= 11 is 0. The highest BCUT2D eigenvalue weighted by molar-refractivity contribution is 6.01. The van der Waals surface area contributed by atoms with E-state index >= 15 is 0 Å². The Balaban J connectivity index is 1.91. The molecule has 0 saturated carbocycles. The molecule has 8 N–H and O–H groups in total. The van der Waals surface area contributed by atoms with Gasteiger partial charge in [-0.3, -0.25) is 14.4 Å². The van der Waals surface area contributed by atoms with Crippen LogP contribution < -0.4 is 27.3 Å².